The van der Waals surface area contributed by atoms with E-state index in [0.717, 1.165) is 42.1 Å². The molecule has 1 amide bonds. The highest BCUT2D eigenvalue weighted by Gasteiger charge is 2.52. The van der Waals surface area contributed by atoms with E-state index in [9.17, 15) is 18.0 Å². The number of rotatable bonds is 2. The van der Waals surface area contributed by atoms with Crippen molar-refractivity contribution < 1.29 is 18.0 Å². The summed E-state index contributed by atoms with van der Waals surface area (Å²) >= 11 is 0. The number of hydrogen-bond acceptors (Lipinski definition) is 4. The first-order chi connectivity index (χ1) is 13.6. The third-order valence-electron chi connectivity index (χ3n) is 7.09. The molecule has 1 aromatic heterocycles. The summed E-state index contributed by atoms with van der Waals surface area (Å²) in [6.45, 7) is 4.05. The van der Waals surface area contributed by atoms with E-state index in [1.54, 1.807) is 6.07 Å². The minimum atomic E-state index is -3.05. The number of carbonyl (C=O) groups is 2. The zero-order valence-corrected chi connectivity index (χ0v) is 17.6. The first-order valence-electron chi connectivity index (χ1n) is 10.3. The maximum absolute atomic E-state index is 13.1. The van der Waals surface area contributed by atoms with Gasteiger partial charge in [0.05, 0.1) is 17.2 Å². The van der Waals surface area contributed by atoms with Crippen molar-refractivity contribution in [3.05, 3.63) is 35.0 Å². The summed E-state index contributed by atoms with van der Waals surface area (Å²) in [6.07, 6.45) is 4.60. The van der Waals surface area contributed by atoms with Gasteiger partial charge in [0.1, 0.15) is 0 Å². The van der Waals surface area contributed by atoms with Crippen molar-refractivity contribution in [2.75, 3.05) is 11.5 Å². The molecule has 154 valence electrons. The quantitative estimate of drug-likeness (QED) is 0.789. The largest absolute Gasteiger partial charge is 0.352 e. The van der Waals surface area contributed by atoms with Gasteiger partial charge in [-0.1, -0.05) is 20.3 Å². The summed E-state index contributed by atoms with van der Waals surface area (Å²) in [7, 11) is -3.05. The monoisotopic (exact) mass is 414 g/mol. The number of H-pyrrole nitrogens is 1. The van der Waals surface area contributed by atoms with E-state index in [0.29, 0.717) is 17.7 Å². The summed E-state index contributed by atoms with van der Waals surface area (Å²) < 4.78 is 23.3. The van der Waals surface area contributed by atoms with Crippen LogP contribution in [0.4, 0.5) is 0 Å². The SMILES string of the molecule is CC1(C)CC2(CCC2)c2c([nH]c3ccc(C(=O)NC4CCS(=O)(=O)C4)cc23)C1=O. The van der Waals surface area contributed by atoms with E-state index >= 15 is 0 Å². The van der Waals surface area contributed by atoms with Gasteiger partial charge >= 0.3 is 0 Å². The maximum Gasteiger partial charge on any atom is 0.251 e. The molecule has 0 radical (unpaired) electrons. The number of benzene rings is 1. The molecule has 2 fully saturated rings. The van der Waals surface area contributed by atoms with Crippen LogP contribution in [0.2, 0.25) is 0 Å². The minimum absolute atomic E-state index is 0.00718. The fourth-order valence-electron chi connectivity index (χ4n) is 5.62. The summed E-state index contributed by atoms with van der Waals surface area (Å²) in [5.41, 5.74) is 2.81. The van der Waals surface area contributed by atoms with Crippen LogP contribution >= 0.6 is 0 Å². The first-order valence-corrected chi connectivity index (χ1v) is 12.1. The highest BCUT2D eigenvalue weighted by molar-refractivity contribution is 7.91. The van der Waals surface area contributed by atoms with Crippen LogP contribution in [0.15, 0.2) is 18.2 Å². The Labute approximate surface area is 170 Å². The topological polar surface area (TPSA) is 96.1 Å². The average molecular weight is 415 g/mol. The Bertz CT molecular complexity index is 1150. The summed E-state index contributed by atoms with van der Waals surface area (Å²) in [5.74, 6) is 0.0214. The number of nitrogens with one attached hydrogen (secondary N) is 2. The van der Waals surface area contributed by atoms with E-state index < -0.39 is 9.84 Å². The second kappa shape index (κ2) is 5.94. The Morgan fingerprint density at radius 1 is 1.24 bits per heavy atom. The van der Waals surface area contributed by atoms with Crippen molar-refractivity contribution in [3.63, 3.8) is 0 Å². The number of Topliss-reactive ketones (excluding diaryl/α,β-unsaturated/α-hetero) is 1. The highest BCUT2D eigenvalue weighted by Crippen LogP contribution is 2.57. The van der Waals surface area contributed by atoms with Crippen molar-refractivity contribution >= 4 is 32.4 Å². The molecule has 1 aromatic carbocycles. The van der Waals surface area contributed by atoms with Crippen LogP contribution in [0.25, 0.3) is 10.9 Å². The number of ketones is 1. The summed E-state index contributed by atoms with van der Waals surface area (Å²) in [6, 6.07) is 5.14. The Morgan fingerprint density at radius 3 is 2.62 bits per heavy atom. The zero-order chi connectivity index (χ0) is 20.6. The molecule has 6 nitrogen and oxygen atoms in total. The van der Waals surface area contributed by atoms with Gasteiger partial charge in [0, 0.05) is 27.9 Å². The molecule has 1 saturated heterocycles. The maximum atomic E-state index is 13.1. The Hall–Kier alpha value is -2.15. The number of amides is 1. The molecular formula is C22H26N2O4S. The Balaban J connectivity index is 1.54. The van der Waals surface area contributed by atoms with Gasteiger partial charge in [-0.25, -0.2) is 8.42 Å². The van der Waals surface area contributed by atoms with Gasteiger partial charge in [-0.2, -0.15) is 0 Å². The molecule has 2 aliphatic carbocycles. The number of aromatic amines is 1. The summed E-state index contributed by atoms with van der Waals surface area (Å²) in [5, 5.41) is 3.82. The van der Waals surface area contributed by atoms with Crippen molar-refractivity contribution in [1.82, 2.24) is 10.3 Å². The van der Waals surface area contributed by atoms with Crippen LogP contribution in [-0.4, -0.2) is 42.6 Å². The number of hydrogen-bond donors (Lipinski definition) is 2. The Kier molecular flexibility index (Phi) is 3.86. The summed E-state index contributed by atoms with van der Waals surface area (Å²) in [4.78, 5) is 29.2. The minimum Gasteiger partial charge on any atom is -0.352 e. The number of sulfone groups is 1. The lowest BCUT2D eigenvalue weighted by Crippen LogP contribution is -2.46. The fourth-order valence-corrected chi connectivity index (χ4v) is 7.29. The first kappa shape index (κ1) is 18.9. The van der Waals surface area contributed by atoms with Gasteiger partial charge in [-0.05, 0) is 54.9 Å². The second-order valence-corrected chi connectivity index (χ2v) is 12.0. The average Bonchev–Trinajstić information content (AvgIpc) is 3.16. The predicted molar refractivity (Wildman–Crippen MR) is 111 cm³/mol. The third kappa shape index (κ3) is 2.85. The third-order valence-corrected chi connectivity index (χ3v) is 8.86. The van der Waals surface area contributed by atoms with Gasteiger partial charge in [0.2, 0.25) is 0 Å². The number of fused-ring (bicyclic) bond motifs is 4. The van der Waals surface area contributed by atoms with Gasteiger partial charge in [0.25, 0.3) is 5.91 Å². The van der Waals surface area contributed by atoms with Crippen LogP contribution in [0.1, 0.15) is 72.4 Å². The van der Waals surface area contributed by atoms with Crippen LogP contribution in [0.5, 0.6) is 0 Å². The molecule has 1 aliphatic heterocycles. The predicted octanol–water partition coefficient (Wildman–Crippen LogP) is 3.12. The highest BCUT2D eigenvalue weighted by atomic mass is 32.2. The normalized spacial score (nSPS) is 26.3. The molecule has 1 saturated carbocycles. The van der Waals surface area contributed by atoms with E-state index in [4.69, 9.17) is 0 Å². The Morgan fingerprint density at radius 2 is 2.00 bits per heavy atom. The van der Waals surface area contributed by atoms with Gasteiger partial charge in [0.15, 0.2) is 15.6 Å². The molecule has 3 aliphatic rings. The van der Waals surface area contributed by atoms with Gasteiger partial charge < -0.3 is 10.3 Å². The van der Waals surface area contributed by atoms with Gasteiger partial charge in [-0.15, -0.1) is 0 Å². The van der Waals surface area contributed by atoms with E-state index in [2.05, 4.69) is 10.3 Å². The van der Waals surface area contributed by atoms with Crippen LogP contribution < -0.4 is 5.32 Å². The van der Waals surface area contributed by atoms with Gasteiger partial charge in [-0.3, -0.25) is 9.59 Å². The molecule has 29 heavy (non-hydrogen) atoms. The standard InChI is InChI=1S/C22H26N2O4S/c1-21(2)12-22(7-3-8-22)17-15-10-13(4-5-16(15)24-18(17)19(21)25)20(26)23-14-6-9-29(27,28)11-14/h4-5,10,14,24H,3,6-9,11-12H2,1-2H3,(H,23,26). The smallest absolute Gasteiger partial charge is 0.251 e. The van der Waals surface area contributed by atoms with E-state index in [1.807, 2.05) is 26.0 Å². The molecular weight excluding hydrogens is 388 g/mol. The van der Waals surface area contributed by atoms with Crippen molar-refractivity contribution in [3.8, 4) is 0 Å². The van der Waals surface area contributed by atoms with E-state index in [1.165, 1.54) is 0 Å². The lowest BCUT2D eigenvalue weighted by Gasteiger charge is -2.50. The molecule has 2 aromatic rings. The second-order valence-electron chi connectivity index (χ2n) is 9.73. The number of carbonyl (C=O) groups excluding carboxylic acids is 2. The fraction of sp³-hybridized carbons (Fsp3) is 0.545. The van der Waals surface area contributed by atoms with Crippen LogP contribution in [-0.2, 0) is 15.3 Å². The van der Waals surface area contributed by atoms with Crippen molar-refractivity contribution in [1.29, 1.82) is 0 Å². The molecule has 1 atom stereocenters. The molecule has 2 N–H and O–H groups in total. The molecule has 1 spiro atoms. The van der Waals surface area contributed by atoms with Crippen molar-refractivity contribution in [2.24, 2.45) is 5.41 Å². The molecule has 5 rings (SSSR count). The van der Waals surface area contributed by atoms with Crippen LogP contribution in [0, 0.1) is 5.41 Å². The van der Waals surface area contributed by atoms with Crippen LogP contribution in [0.3, 0.4) is 0 Å². The molecule has 1 unspecified atom stereocenters. The lowest BCUT2D eigenvalue weighted by molar-refractivity contribution is 0.0659. The lowest BCUT2D eigenvalue weighted by atomic mass is 9.53. The molecule has 0 bridgehead atoms. The van der Waals surface area contributed by atoms with Crippen molar-refractivity contribution in [2.45, 2.75) is 57.4 Å². The van der Waals surface area contributed by atoms with E-state index in [-0.39, 0.29) is 40.1 Å². The molecule has 2 heterocycles. The zero-order valence-electron chi connectivity index (χ0n) is 16.8. The number of aromatic nitrogens is 1. The molecule has 7 heteroatoms.